The van der Waals surface area contributed by atoms with Crippen molar-refractivity contribution in [3.63, 3.8) is 0 Å². The number of carbonyl (C=O) groups is 2. The highest BCUT2D eigenvalue weighted by Crippen LogP contribution is 2.31. The molecule has 1 heterocycles. The van der Waals surface area contributed by atoms with E-state index in [-0.39, 0.29) is 11.7 Å². The third-order valence-electron chi connectivity index (χ3n) is 4.61. The van der Waals surface area contributed by atoms with Gasteiger partial charge in [0.05, 0.1) is 5.52 Å². The number of Topliss-reactive ketones (excluding diaryl/α,β-unsaturated/α-hetero) is 1. The van der Waals surface area contributed by atoms with Crippen molar-refractivity contribution in [3.05, 3.63) is 63.8 Å². The summed E-state index contributed by atoms with van der Waals surface area (Å²) in [5.74, 6) is -0.110. The standard InChI is InChI=1S/C19H16ClN3O2/c1-23-15-8-6-13-14(7-9-16(13)24)17(15)18(22-23)19(25)21-10-11-2-4-12(20)5-3-11/h2-6,8H,7,9-10H2,1H3,(H,21,25). The predicted molar refractivity (Wildman–Crippen MR) is 96.0 cm³/mol. The van der Waals surface area contributed by atoms with Gasteiger partial charge in [-0.1, -0.05) is 23.7 Å². The summed E-state index contributed by atoms with van der Waals surface area (Å²) in [5, 5.41) is 8.74. The second-order valence-corrected chi connectivity index (χ2v) is 6.63. The van der Waals surface area contributed by atoms with Crippen LogP contribution in [-0.4, -0.2) is 21.5 Å². The minimum Gasteiger partial charge on any atom is -0.347 e. The first-order valence-electron chi connectivity index (χ1n) is 8.09. The van der Waals surface area contributed by atoms with Crippen LogP contribution in [0.15, 0.2) is 36.4 Å². The van der Waals surface area contributed by atoms with Crippen LogP contribution in [-0.2, 0) is 20.0 Å². The lowest BCUT2D eigenvalue weighted by Gasteiger charge is -2.05. The molecule has 1 N–H and O–H groups in total. The van der Waals surface area contributed by atoms with Crippen LogP contribution in [0.2, 0.25) is 5.02 Å². The molecule has 0 aliphatic heterocycles. The van der Waals surface area contributed by atoms with Gasteiger partial charge in [0.2, 0.25) is 0 Å². The van der Waals surface area contributed by atoms with Crippen LogP contribution >= 0.6 is 11.6 Å². The van der Waals surface area contributed by atoms with Crippen LogP contribution in [0.4, 0.5) is 0 Å². The van der Waals surface area contributed by atoms with Gasteiger partial charge in [0, 0.05) is 36.0 Å². The molecule has 0 spiro atoms. The predicted octanol–water partition coefficient (Wildman–Crippen LogP) is 3.29. The van der Waals surface area contributed by atoms with Crippen molar-refractivity contribution in [2.75, 3.05) is 0 Å². The number of halogens is 1. The Labute approximate surface area is 149 Å². The Bertz CT molecular complexity index is 1010. The molecular formula is C19H16ClN3O2. The van der Waals surface area contributed by atoms with Crippen molar-refractivity contribution in [2.45, 2.75) is 19.4 Å². The zero-order valence-electron chi connectivity index (χ0n) is 13.7. The molecule has 1 aromatic heterocycles. The van der Waals surface area contributed by atoms with E-state index in [1.165, 1.54) is 0 Å². The maximum absolute atomic E-state index is 12.7. The molecule has 0 radical (unpaired) electrons. The number of fused-ring (bicyclic) bond motifs is 3. The summed E-state index contributed by atoms with van der Waals surface area (Å²) in [7, 11) is 1.81. The first-order valence-corrected chi connectivity index (χ1v) is 8.47. The third kappa shape index (κ3) is 2.70. The highest BCUT2D eigenvalue weighted by Gasteiger charge is 2.27. The van der Waals surface area contributed by atoms with E-state index < -0.39 is 0 Å². The fraction of sp³-hybridized carbons (Fsp3) is 0.211. The number of benzene rings is 2. The van der Waals surface area contributed by atoms with E-state index in [0.717, 1.165) is 22.0 Å². The molecule has 3 aromatic rings. The molecule has 1 aliphatic carbocycles. The summed E-state index contributed by atoms with van der Waals surface area (Å²) in [6.45, 7) is 0.391. The van der Waals surface area contributed by atoms with Crippen LogP contribution in [0.3, 0.4) is 0 Å². The molecule has 2 aromatic carbocycles. The van der Waals surface area contributed by atoms with Gasteiger partial charge < -0.3 is 5.32 Å². The van der Waals surface area contributed by atoms with Crippen LogP contribution in [0.5, 0.6) is 0 Å². The fourth-order valence-electron chi connectivity index (χ4n) is 3.34. The number of aryl methyl sites for hydroxylation is 2. The number of hydrogen-bond acceptors (Lipinski definition) is 3. The second kappa shape index (κ2) is 6.01. The van der Waals surface area contributed by atoms with E-state index in [1.54, 1.807) is 16.8 Å². The van der Waals surface area contributed by atoms with Crippen LogP contribution in [0.1, 0.15) is 38.4 Å². The normalized spacial score (nSPS) is 13.3. The molecule has 0 atom stereocenters. The molecule has 1 aliphatic rings. The Morgan fingerprint density at radius 3 is 2.72 bits per heavy atom. The Balaban J connectivity index is 1.67. The molecule has 0 unspecified atom stereocenters. The number of nitrogens with zero attached hydrogens (tertiary/aromatic N) is 2. The second-order valence-electron chi connectivity index (χ2n) is 6.19. The van der Waals surface area contributed by atoms with Crippen LogP contribution in [0.25, 0.3) is 10.9 Å². The van der Waals surface area contributed by atoms with E-state index >= 15 is 0 Å². The number of aromatic nitrogens is 2. The van der Waals surface area contributed by atoms with Gasteiger partial charge in [-0.25, -0.2) is 0 Å². The lowest BCUT2D eigenvalue weighted by molar-refractivity contribution is 0.0945. The monoisotopic (exact) mass is 353 g/mol. The quantitative estimate of drug-likeness (QED) is 0.785. The first-order chi connectivity index (χ1) is 12.0. The van der Waals surface area contributed by atoms with E-state index in [2.05, 4.69) is 10.4 Å². The van der Waals surface area contributed by atoms with Gasteiger partial charge >= 0.3 is 0 Å². The number of amides is 1. The van der Waals surface area contributed by atoms with Gasteiger partial charge in [-0.3, -0.25) is 14.3 Å². The third-order valence-corrected chi connectivity index (χ3v) is 4.86. The molecule has 126 valence electrons. The van der Waals surface area contributed by atoms with Crippen molar-refractivity contribution in [2.24, 2.45) is 7.05 Å². The topological polar surface area (TPSA) is 64.0 Å². The van der Waals surface area contributed by atoms with Gasteiger partial charge in [-0.05, 0) is 41.8 Å². The van der Waals surface area contributed by atoms with E-state index in [0.29, 0.717) is 35.7 Å². The van der Waals surface area contributed by atoms with Crippen molar-refractivity contribution in [1.29, 1.82) is 0 Å². The van der Waals surface area contributed by atoms with E-state index in [4.69, 9.17) is 11.6 Å². The lowest BCUT2D eigenvalue weighted by Crippen LogP contribution is -2.23. The molecule has 0 bridgehead atoms. The lowest BCUT2D eigenvalue weighted by atomic mass is 10.0. The Hall–Kier alpha value is -2.66. The number of hydrogen-bond donors (Lipinski definition) is 1. The van der Waals surface area contributed by atoms with Crippen LogP contribution < -0.4 is 5.32 Å². The maximum Gasteiger partial charge on any atom is 0.272 e. The van der Waals surface area contributed by atoms with E-state index in [9.17, 15) is 9.59 Å². The molecule has 0 fully saturated rings. The Kier molecular flexibility index (Phi) is 3.81. The summed E-state index contributed by atoms with van der Waals surface area (Å²) in [5.41, 5.74) is 3.85. The first kappa shape index (κ1) is 15.8. The number of ketones is 1. The molecule has 0 saturated heterocycles. The summed E-state index contributed by atoms with van der Waals surface area (Å²) >= 11 is 5.88. The van der Waals surface area contributed by atoms with E-state index in [1.807, 2.05) is 31.3 Å². The highest BCUT2D eigenvalue weighted by atomic mass is 35.5. The van der Waals surface area contributed by atoms with Crippen molar-refractivity contribution in [1.82, 2.24) is 15.1 Å². The van der Waals surface area contributed by atoms with Gasteiger partial charge in [0.1, 0.15) is 0 Å². The number of rotatable bonds is 3. The van der Waals surface area contributed by atoms with Crippen molar-refractivity contribution in [3.8, 4) is 0 Å². The smallest absolute Gasteiger partial charge is 0.272 e. The molecule has 6 heteroatoms. The Morgan fingerprint density at radius 2 is 1.96 bits per heavy atom. The van der Waals surface area contributed by atoms with Crippen molar-refractivity contribution < 1.29 is 9.59 Å². The zero-order valence-corrected chi connectivity index (χ0v) is 14.4. The summed E-state index contributed by atoms with van der Waals surface area (Å²) < 4.78 is 1.69. The van der Waals surface area contributed by atoms with Gasteiger partial charge in [-0.2, -0.15) is 5.10 Å². The number of nitrogens with one attached hydrogen (secondary N) is 1. The molecule has 0 saturated carbocycles. The zero-order chi connectivity index (χ0) is 17.6. The SMILES string of the molecule is Cn1nc(C(=O)NCc2ccc(Cl)cc2)c2c3c(ccc21)C(=O)CC3. The minimum atomic E-state index is -0.242. The summed E-state index contributed by atoms with van der Waals surface area (Å²) in [6, 6.07) is 11.0. The largest absolute Gasteiger partial charge is 0.347 e. The summed E-state index contributed by atoms with van der Waals surface area (Å²) in [6.07, 6.45) is 1.16. The maximum atomic E-state index is 12.7. The Morgan fingerprint density at radius 1 is 1.20 bits per heavy atom. The average molecular weight is 354 g/mol. The molecule has 25 heavy (non-hydrogen) atoms. The molecule has 5 nitrogen and oxygen atoms in total. The number of carbonyl (C=O) groups excluding carboxylic acids is 2. The van der Waals surface area contributed by atoms with Crippen molar-refractivity contribution >= 4 is 34.2 Å². The highest BCUT2D eigenvalue weighted by molar-refractivity contribution is 6.30. The van der Waals surface area contributed by atoms with Gasteiger partial charge in [-0.15, -0.1) is 0 Å². The molecule has 1 amide bonds. The van der Waals surface area contributed by atoms with Gasteiger partial charge in [0.15, 0.2) is 11.5 Å². The summed E-state index contributed by atoms with van der Waals surface area (Å²) in [4.78, 5) is 24.7. The van der Waals surface area contributed by atoms with Crippen LogP contribution in [0, 0.1) is 0 Å². The molecule has 4 rings (SSSR count). The van der Waals surface area contributed by atoms with Gasteiger partial charge in [0.25, 0.3) is 5.91 Å². The fourth-order valence-corrected chi connectivity index (χ4v) is 3.47. The minimum absolute atomic E-state index is 0.133. The average Bonchev–Trinajstić information content (AvgIpc) is 3.15. The molecular weight excluding hydrogens is 338 g/mol.